The Morgan fingerprint density at radius 3 is 2.62 bits per heavy atom. The third-order valence-corrected chi connectivity index (χ3v) is 4.94. The van der Waals surface area contributed by atoms with Gasteiger partial charge in [-0.25, -0.2) is 0 Å². The van der Waals surface area contributed by atoms with E-state index in [-0.39, 0.29) is 24.2 Å². The Morgan fingerprint density at radius 2 is 1.88 bits per heavy atom. The first-order valence-corrected chi connectivity index (χ1v) is 9.03. The third kappa shape index (κ3) is 5.76. The fourth-order valence-electron chi connectivity index (χ4n) is 3.51. The fourth-order valence-corrected chi connectivity index (χ4v) is 3.51. The van der Waals surface area contributed by atoms with Crippen LogP contribution in [0.25, 0.3) is 0 Å². The second-order valence-corrected chi connectivity index (χ2v) is 6.78. The molecular formula is C19H29ClN2O2. The molecule has 1 saturated carbocycles. The molecule has 0 spiro atoms. The van der Waals surface area contributed by atoms with E-state index in [4.69, 9.17) is 4.74 Å². The lowest BCUT2D eigenvalue weighted by Gasteiger charge is -2.23. The Kier molecular flexibility index (Phi) is 8.03. The average Bonchev–Trinajstić information content (AvgIpc) is 2.62. The maximum atomic E-state index is 12.3. The van der Waals surface area contributed by atoms with Crippen molar-refractivity contribution in [3.63, 3.8) is 0 Å². The van der Waals surface area contributed by atoms with Crippen molar-refractivity contribution in [2.75, 3.05) is 18.4 Å². The number of rotatable bonds is 5. The maximum absolute atomic E-state index is 12.3. The lowest BCUT2D eigenvalue weighted by atomic mass is 9.97. The second-order valence-electron chi connectivity index (χ2n) is 6.78. The van der Waals surface area contributed by atoms with Crippen molar-refractivity contribution < 1.29 is 9.53 Å². The summed E-state index contributed by atoms with van der Waals surface area (Å²) in [6.07, 6.45) is 8.56. The predicted octanol–water partition coefficient (Wildman–Crippen LogP) is 3.90. The van der Waals surface area contributed by atoms with Crippen LogP contribution in [-0.4, -0.2) is 25.1 Å². The Balaban J connectivity index is 0.00000208. The molecule has 2 aliphatic rings. The van der Waals surface area contributed by atoms with E-state index in [0.29, 0.717) is 12.7 Å². The smallest absolute Gasteiger partial charge is 0.227 e. The van der Waals surface area contributed by atoms with Gasteiger partial charge in [0.25, 0.3) is 0 Å². The third-order valence-electron chi connectivity index (χ3n) is 4.94. The molecule has 2 N–H and O–H groups in total. The van der Waals surface area contributed by atoms with Gasteiger partial charge in [0.05, 0.1) is 12.7 Å². The number of amides is 1. The zero-order valence-corrected chi connectivity index (χ0v) is 15.1. The van der Waals surface area contributed by atoms with Gasteiger partial charge in [-0.2, -0.15) is 0 Å². The Hall–Kier alpha value is -1.10. The van der Waals surface area contributed by atoms with Gasteiger partial charge in [-0.05, 0) is 56.5 Å². The summed E-state index contributed by atoms with van der Waals surface area (Å²) in [6, 6.07) is 8.07. The molecule has 1 aliphatic heterocycles. The van der Waals surface area contributed by atoms with Crippen molar-refractivity contribution in [3.8, 4) is 0 Å². The van der Waals surface area contributed by atoms with Crippen LogP contribution in [0.5, 0.6) is 0 Å². The van der Waals surface area contributed by atoms with Crippen molar-refractivity contribution in [1.82, 2.24) is 5.32 Å². The topological polar surface area (TPSA) is 50.4 Å². The maximum Gasteiger partial charge on any atom is 0.227 e. The van der Waals surface area contributed by atoms with Crippen LogP contribution in [0.1, 0.15) is 50.5 Å². The highest BCUT2D eigenvalue weighted by atomic mass is 35.5. The Bertz CT molecular complexity index is 512. The van der Waals surface area contributed by atoms with Crippen molar-refractivity contribution in [2.24, 2.45) is 5.92 Å². The van der Waals surface area contributed by atoms with Crippen LogP contribution in [0.4, 0.5) is 5.69 Å². The first-order valence-electron chi connectivity index (χ1n) is 9.03. The van der Waals surface area contributed by atoms with E-state index >= 15 is 0 Å². The molecule has 3 rings (SSSR count). The summed E-state index contributed by atoms with van der Waals surface area (Å²) in [5, 5.41) is 6.36. The van der Waals surface area contributed by atoms with Gasteiger partial charge in [-0.3, -0.25) is 4.79 Å². The quantitative estimate of drug-likeness (QED) is 0.845. The van der Waals surface area contributed by atoms with Gasteiger partial charge in [0.15, 0.2) is 0 Å². The summed E-state index contributed by atoms with van der Waals surface area (Å²) in [7, 11) is 0. The normalized spacial score (nSPS) is 19.5. The van der Waals surface area contributed by atoms with E-state index in [9.17, 15) is 4.79 Å². The van der Waals surface area contributed by atoms with Gasteiger partial charge in [-0.1, -0.05) is 31.4 Å². The summed E-state index contributed by atoms with van der Waals surface area (Å²) >= 11 is 0. The fraction of sp³-hybridized carbons (Fsp3) is 0.632. The lowest BCUT2D eigenvalue weighted by Crippen LogP contribution is -2.34. The van der Waals surface area contributed by atoms with E-state index in [1.807, 2.05) is 18.2 Å². The zero-order chi connectivity index (χ0) is 15.9. The predicted molar refractivity (Wildman–Crippen MR) is 99.6 cm³/mol. The van der Waals surface area contributed by atoms with Crippen LogP contribution in [-0.2, 0) is 16.1 Å². The standard InChI is InChI=1S/C19H28N2O2.ClH/c22-19(16-9-11-20-12-10-16)21-17-6-4-5-15(13-17)14-23-18-7-2-1-3-8-18;/h4-6,13,16,18,20H,1-3,7-12,14H2,(H,21,22);1H. The van der Waals surface area contributed by atoms with Gasteiger partial charge in [0.2, 0.25) is 5.91 Å². The highest BCUT2D eigenvalue weighted by Crippen LogP contribution is 2.22. The van der Waals surface area contributed by atoms with Crippen LogP contribution in [0.3, 0.4) is 0 Å². The van der Waals surface area contributed by atoms with Crippen LogP contribution in [0.15, 0.2) is 24.3 Å². The molecule has 1 aromatic rings. The van der Waals surface area contributed by atoms with Crippen LogP contribution in [0, 0.1) is 5.92 Å². The molecule has 134 valence electrons. The molecule has 0 unspecified atom stereocenters. The van der Waals surface area contributed by atoms with Crippen molar-refractivity contribution in [3.05, 3.63) is 29.8 Å². The molecular weight excluding hydrogens is 324 g/mol. The first-order chi connectivity index (χ1) is 11.3. The molecule has 4 nitrogen and oxygen atoms in total. The molecule has 1 saturated heterocycles. The summed E-state index contributed by atoms with van der Waals surface area (Å²) < 4.78 is 6.02. The molecule has 1 amide bonds. The number of ether oxygens (including phenoxy) is 1. The molecule has 0 radical (unpaired) electrons. The van der Waals surface area contributed by atoms with E-state index in [1.54, 1.807) is 0 Å². The molecule has 2 fully saturated rings. The van der Waals surface area contributed by atoms with Crippen molar-refractivity contribution >= 4 is 24.0 Å². The number of hydrogen-bond acceptors (Lipinski definition) is 3. The van der Waals surface area contributed by atoms with Gasteiger partial charge >= 0.3 is 0 Å². The number of benzene rings is 1. The van der Waals surface area contributed by atoms with Gasteiger partial charge in [-0.15, -0.1) is 12.4 Å². The van der Waals surface area contributed by atoms with Crippen molar-refractivity contribution in [2.45, 2.75) is 57.7 Å². The van der Waals surface area contributed by atoms with Crippen LogP contribution in [0.2, 0.25) is 0 Å². The highest BCUT2D eigenvalue weighted by molar-refractivity contribution is 5.92. The first kappa shape index (κ1) is 19.2. The van der Waals surface area contributed by atoms with Crippen LogP contribution < -0.4 is 10.6 Å². The van der Waals surface area contributed by atoms with Gasteiger partial charge < -0.3 is 15.4 Å². The summed E-state index contributed by atoms with van der Waals surface area (Å²) in [4.78, 5) is 12.3. The number of carbonyl (C=O) groups excluding carboxylic acids is 1. The highest BCUT2D eigenvalue weighted by Gasteiger charge is 2.21. The molecule has 24 heavy (non-hydrogen) atoms. The van der Waals surface area contributed by atoms with E-state index in [0.717, 1.165) is 37.2 Å². The molecule has 0 aromatic heterocycles. The average molecular weight is 353 g/mol. The number of anilines is 1. The molecule has 0 atom stereocenters. The number of hydrogen-bond donors (Lipinski definition) is 2. The second kappa shape index (κ2) is 10.0. The Labute approximate surface area is 151 Å². The van der Waals surface area contributed by atoms with Crippen molar-refractivity contribution in [1.29, 1.82) is 0 Å². The summed E-state index contributed by atoms with van der Waals surface area (Å²) in [5.41, 5.74) is 2.02. The molecule has 1 aliphatic carbocycles. The summed E-state index contributed by atoms with van der Waals surface area (Å²) in [5.74, 6) is 0.287. The van der Waals surface area contributed by atoms with E-state index in [2.05, 4.69) is 16.7 Å². The van der Waals surface area contributed by atoms with Crippen LogP contribution >= 0.6 is 12.4 Å². The minimum absolute atomic E-state index is 0. The van der Waals surface area contributed by atoms with E-state index in [1.165, 1.54) is 32.1 Å². The molecule has 5 heteroatoms. The number of carbonyl (C=O) groups is 1. The van der Waals surface area contributed by atoms with E-state index < -0.39 is 0 Å². The largest absolute Gasteiger partial charge is 0.374 e. The Morgan fingerprint density at radius 1 is 1.12 bits per heavy atom. The zero-order valence-electron chi connectivity index (χ0n) is 14.3. The molecule has 0 bridgehead atoms. The number of halogens is 1. The molecule has 1 aromatic carbocycles. The summed E-state index contributed by atoms with van der Waals surface area (Å²) in [6.45, 7) is 2.52. The van der Waals surface area contributed by atoms with Gasteiger partial charge in [0.1, 0.15) is 0 Å². The van der Waals surface area contributed by atoms with Gasteiger partial charge in [0, 0.05) is 11.6 Å². The monoisotopic (exact) mass is 352 g/mol. The number of nitrogens with one attached hydrogen (secondary N) is 2. The minimum Gasteiger partial charge on any atom is -0.374 e. The molecule has 1 heterocycles. The SMILES string of the molecule is Cl.O=C(Nc1cccc(COC2CCCCC2)c1)C1CCNCC1. The lowest BCUT2D eigenvalue weighted by molar-refractivity contribution is -0.120. The minimum atomic E-state index is 0. The number of piperidine rings is 1.